The number of nitrogens with one attached hydrogen (secondary N) is 1. The van der Waals surface area contributed by atoms with Crippen LogP contribution in [0.25, 0.3) is 0 Å². The Kier molecular flexibility index (Phi) is 5.04. The van der Waals surface area contributed by atoms with Crippen molar-refractivity contribution in [2.24, 2.45) is 0 Å². The molecule has 0 unspecified atom stereocenters. The molecule has 1 N–H and O–H groups in total. The molecular formula is C23H17N3O5. The molecular weight excluding hydrogens is 398 g/mol. The zero-order valence-corrected chi connectivity index (χ0v) is 16.5. The molecule has 8 nitrogen and oxygen atoms in total. The van der Waals surface area contributed by atoms with Gasteiger partial charge in [0, 0.05) is 11.6 Å². The molecule has 0 bridgehead atoms. The molecule has 0 aliphatic carbocycles. The molecule has 1 aliphatic rings. The lowest BCUT2D eigenvalue weighted by Crippen LogP contribution is -2.29. The van der Waals surface area contributed by atoms with Gasteiger partial charge in [-0.05, 0) is 42.8 Å². The molecule has 3 amide bonds. The van der Waals surface area contributed by atoms with E-state index in [1.807, 2.05) is 0 Å². The number of carbonyl (C=O) groups excluding carboxylic acids is 3. The predicted molar refractivity (Wildman–Crippen MR) is 113 cm³/mol. The van der Waals surface area contributed by atoms with E-state index >= 15 is 0 Å². The first-order valence-corrected chi connectivity index (χ1v) is 9.46. The number of benzene rings is 3. The molecule has 0 radical (unpaired) electrons. The van der Waals surface area contributed by atoms with Gasteiger partial charge in [-0.15, -0.1) is 0 Å². The van der Waals surface area contributed by atoms with Crippen LogP contribution in [0.4, 0.5) is 11.4 Å². The van der Waals surface area contributed by atoms with Crippen molar-refractivity contribution in [1.82, 2.24) is 4.90 Å². The summed E-state index contributed by atoms with van der Waals surface area (Å²) in [6.45, 7) is 1.66. The van der Waals surface area contributed by atoms with E-state index in [4.69, 9.17) is 0 Å². The third-order valence-electron chi connectivity index (χ3n) is 5.19. The van der Waals surface area contributed by atoms with Crippen LogP contribution >= 0.6 is 0 Å². The molecule has 0 aromatic heterocycles. The zero-order valence-electron chi connectivity index (χ0n) is 16.5. The van der Waals surface area contributed by atoms with Crippen LogP contribution in [0.5, 0.6) is 0 Å². The summed E-state index contributed by atoms with van der Waals surface area (Å²) in [6.07, 6.45) is 0. The van der Waals surface area contributed by atoms with Crippen LogP contribution in [-0.2, 0) is 6.54 Å². The monoisotopic (exact) mass is 415 g/mol. The second-order valence-corrected chi connectivity index (χ2v) is 7.10. The van der Waals surface area contributed by atoms with Crippen molar-refractivity contribution in [1.29, 1.82) is 0 Å². The van der Waals surface area contributed by atoms with E-state index in [1.54, 1.807) is 61.5 Å². The van der Waals surface area contributed by atoms with E-state index < -0.39 is 10.8 Å². The number of amides is 3. The summed E-state index contributed by atoms with van der Waals surface area (Å²) in [6, 6.07) is 17.6. The van der Waals surface area contributed by atoms with E-state index in [-0.39, 0.29) is 24.0 Å². The Morgan fingerprint density at radius 3 is 2.13 bits per heavy atom. The van der Waals surface area contributed by atoms with Gasteiger partial charge in [0.05, 0.1) is 33.8 Å². The van der Waals surface area contributed by atoms with E-state index in [2.05, 4.69) is 5.32 Å². The number of hydrogen-bond donors (Lipinski definition) is 1. The summed E-state index contributed by atoms with van der Waals surface area (Å²) in [5, 5.41) is 13.7. The molecule has 3 aromatic rings. The number of fused-ring (bicyclic) bond motifs is 1. The fourth-order valence-electron chi connectivity index (χ4n) is 3.48. The third kappa shape index (κ3) is 3.66. The van der Waals surface area contributed by atoms with Gasteiger partial charge >= 0.3 is 0 Å². The first kappa shape index (κ1) is 20.0. The van der Waals surface area contributed by atoms with Crippen molar-refractivity contribution in [3.63, 3.8) is 0 Å². The number of imide groups is 1. The van der Waals surface area contributed by atoms with Crippen molar-refractivity contribution < 1.29 is 19.3 Å². The molecule has 0 saturated heterocycles. The highest BCUT2D eigenvalue weighted by molar-refractivity contribution is 6.21. The normalized spacial score (nSPS) is 12.6. The van der Waals surface area contributed by atoms with Gasteiger partial charge in [-0.3, -0.25) is 29.4 Å². The van der Waals surface area contributed by atoms with Gasteiger partial charge in [0.1, 0.15) is 0 Å². The van der Waals surface area contributed by atoms with Crippen LogP contribution in [0.15, 0.2) is 66.7 Å². The lowest BCUT2D eigenvalue weighted by molar-refractivity contribution is -0.385. The number of nitrogens with zero attached hydrogens (tertiary/aromatic N) is 2. The topological polar surface area (TPSA) is 110 Å². The minimum Gasteiger partial charge on any atom is -0.321 e. The van der Waals surface area contributed by atoms with Crippen LogP contribution in [-0.4, -0.2) is 27.5 Å². The Hall–Kier alpha value is -4.33. The highest BCUT2D eigenvalue weighted by Gasteiger charge is 2.34. The van der Waals surface area contributed by atoms with Gasteiger partial charge in [0.25, 0.3) is 23.4 Å². The average molecular weight is 415 g/mol. The van der Waals surface area contributed by atoms with Crippen molar-refractivity contribution >= 4 is 29.1 Å². The molecule has 0 saturated carbocycles. The number of hydrogen-bond acceptors (Lipinski definition) is 5. The van der Waals surface area contributed by atoms with Crippen molar-refractivity contribution in [3.05, 3.63) is 105 Å². The van der Waals surface area contributed by atoms with Crippen LogP contribution in [0.1, 0.15) is 42.2 Å². The maximum absolute atomic E-state index is 12.6. The number of nitro benzene ring substituents is 1. The van der Waals surface area contributed by atoms with Crippen LogP contribution in [0, 0.1) is 17.0 Å². The summed E-state index contributed by atoms with van der Waals surface area (Å²) in [7, 11) is 0. The summed E-state index contributed by atoms with van der Waals surface area (Å²) in [5.41, 5.74) is 2.45. The molecule has 1 heterocycles. The van der Waals surface area contributed by atoms with Gasteiger partial charge < -0.3 is 5.32 Å². The molecule has 0 atom stereocenters. The Bertz CT molecular complexity index is 1200. The van der Waals surface area contributed by atoms with E-state index in [0.29, 0.717) is 33.5 Å². The van der Waals surface area contributed by atoms with E-state index in [0.717, 1.165) is 0 Å². The molecule has 3 aromatic carbocycles. The highest BCUT2D eigenvalue weighted by Crippen LogP contribution is 2.26. The second-order valence-electron chi connectivity index (χ2n) is 7.10. The highest BCUT2D eigenvalue weighted by atomic mass is 16.6. The maximum atomic E-state index is 12.6. The molecule has 0 fully saturated rings. The lowest BCUT2D eigenvalue weighted by atomic mass is 10.1. The van der Waals surface area contributed by atoms with Crippen molar-refractivity contribution in [2.75, 3.05) is 5.32 Å². The number of rotatable bonds is 5. The van der Waals surface area contributed by atoms with Gasteiger partial charge in [-0.1, -0.05) is 30.3 Å². The molecule has 1 aliphatic heterocycles. The molecule has 31 heavy (non-hydrogen) atoms. The largest absolute Gasteiger partial charge is 0.321 e. The quantitative estimate of drug-likeness (QED) is 0.385. The van der Waals surface area contributed by atoms with Crippen molar-refractivity contribution in [2.45, 2.75) is 13.5 Å². The second kappa shape index (κ2) is 7.83. The predicted octanol–water partition coefficient (Wildman–Crippen LogP) is 3.95. The fraction of sp³-hybridized carbons (Fsp3) is 0.0870. The summed E-state index contributed by atoms with van der Waals surface area (Å²) in [4.78, 5) is 49.3. The minimum absolute atomic E-state index is 0.0749. The van der Waals surface area contributed by atoms with Crippen LogP contribution in [0.3, 0.4) is 0 Å². The molecule has 8 heteroatoms. The zero-order chi connectivity index (χ0) is 22.1. The minimum atomic E-state index is -0.501. The summed E-state index contributed by atoms with van der Waals surface area (Å²) >= 11 is 0. The number of anilines is 1. The average Bonchev–Trinajstić information content (AvgIpc) is 3.00. The summed E-state index contributed by atoms with van der Waals surface area (Å²) < 4.78 is 0. The first-order valence-electron chi connectivity index (χ1n) is 9.46. The lowest BCUT2D eigenvalue weighted by Gasteiger charge is -2.14. The third-order valence-corrected chi connectivity index (χ3v) is 5.19. The maximum Gasteiger partial charge on any atom is 0.274 e. The SMILES string of the molecule is Cc1c(NC(=O)c2ccc(CN3C(=O)c4ccccc4C3=O)cc2)cccc1[N+](=O)[O-]. The van der Waals surface area contributed by atoms with Gasteiger partial charge in [0.15, 0.2) is 0 Å². The van der Waals surface area contributed by atoms with Crippen LogP contribution in [0.2, 0.25) is 0 Å². The molecule has 0 spiro atoms. The fourth-order valence-corrected chi connectivity index (χ4v) is 3.48. The number of nitro groups is 1. The van der Waals surface area contributed by atoms with Crippen LogP contribution < -0.4 is 5.32 Å². The Morgan fingerprint density at radius 1 is 0.935 bits per heavy atom. The Balaban J connectivity index is 1.47. The van der Waals surface area contributed by atoms with E-state index in [1.165, 1.54) is 17.0 Å². The number of carbonyl (C=O) groups is 3. The molecule has 4 rings (SSSR count). The molecule has 154 valence electrons. The Labute approximate surface area is 177 Å². The summed E-state index contributed by atoms with van der Waals surface area (Å²) in [5.74, 6) is -1.11. The van der Waals surface area contributed by atoms with E-state index in [9.17, 15) is 24.5 Å². The smallest absolute Gasteiger partial charge is 0.274 e. The first-order chi connectivity index (χ1) is 14.9. The van der Waals surface area contributed by atoms with Gasteiger partial charge in [0.2, 0.25) is 0 Å². The van der Waals surface area contributed by atoms with Gasteiger partial charge in [-0.25, -0.2) is 0 Å². The van der Waals surface area contributed by atoms with Gasteiger partial charge in [-0.2, -0.15) is 0 Å². The van der Waals surface area contributed by atoms with Crippen molar-refractivity contribution in [3.8, 4) is 0 Å². The standard InChI is InChI=1S/C23H17N3O5/c1-14-19(7-4-8-20(14)26(30)31)24-21(27)16-11-9-15(10-12-16)13-25-22(28)17-5-2-3-6-18(17)23(25)29/h2-12H,13H2,1H3,(H,24,27). The Morgan fingerprint density at radius 2 is 1.55 bits per heavy atom.